The van der Waals surface area contributed by atoms with Gasteiger partial charge in [0.1, 0.15) is 5.82 Å². The SMILES string of the molecule is CNc1nc(Cc2ccccn2)nc(OC(C)C)n1. The van der Waals surface area contributed by atoms with Crippen LogP contribution in [-0.4, -0.2) is 33.1 Å². The Kier molecular flexibility index (Phi) is 4.22. The lowest BCUT2D eigenvalue weighted by Gasteiger charge is -2.10. The average molecular weight is 259 g/mol. The van der Waals surface area contributed by atoms with Crippen LogP contribution in [0.25, 0.3) is 0 Å². The lowest BCUT2D eigenvalue weighted by Crippen LogP contribution is -2.12. The molecule has 0 aliphatic rings. The fourth-order valence-electron chi connectivity index (χ4n) is 1.52. The van der Waals surface area contributed by atoms with Gasteiger partial charge in [-0.25, -0.2) is 0 Å². The van der Waals surface area contributed by atoms with E-state index in [1.165, 1.54) is 0 Å². The van der Waals surface area contributed by atoms with E-state index in [-0.39, 0.29) is 6.10 Å². The molecule has 100 valence electrons. The van der Waals surface area contributed by atoms with Crippen molar-refractivity contribution in [1.82, 2.24) is 19.9 Å². The standard InChI is InChI=1S/C13H17N5O/c1-9(2)19-13-17-11(16-12(14-3)18-13)8-10-6-4-5-7-15-10/h4-7,9H,8H2,1-3H3,(H,14,16,17,18). The Morgan fingerprint density at radius 2 is 2.05 bits per heavy atom. The maximum absolute atomic E-state index is 5.51. The number of anilines is 1. The van der Waals surface area contributed by atoms with Crippen LogP contribution in [0, 0.1) is 0 Å². The number of rotatable bonds is 5. The van der Waals surface area contributed by atoms with Gasteiger partial charge in [-0.1, -0.05) is 6.07 Å². The summed E-state index contributed by atoms with van der Waals surface area (Å²) in [5, 5.41) is 2.90. The fraction of sp³-hybridized carbons (Fsp3) is 0.385. The van der Waals surface area contributed by atoms with Crippen molar-refractivity contribution >= 4 is 5.95 Å². The summed E-state index contributed by atoms with van der Waals surface area (Å²) < 4.78 is 5.51. The van der Waals surface area contributed by atoms with Crippen molar-refractivity contribution < 1.29 is 4.74 Å². The fourth-order valence-corrected chi connectivity index (χ4v) is 1.52. The molecule has 0 amide bonds. The first-order valence-corrected chi connectivity index (χ1v) is 6.16. The second-order valence-electron chi connectivity index (χ2n) is 4.27. The van der Waals surface area contributed by atoms with Crippen molar-refractivity contribution in [2.24, 2.45) is 0 Å². The van der Waals surface area contributed by atoms with Crippen LogP contribution in [0.5, 0.6) is 6.01 Å². The monoisotopic (exact) mass is 259 g/mol. The van der Waals surface area contributed by atoms with Gasteiger partial charge >= 0.3 is 6.01 Å². The Bertz CT molecular complexity index is 530. The van der Waals surface area contributed by atoms with Gasteiger partial charge in [-0.3, -0.25) is 4.98 Å². The van der Waals surface area contributed by atoms with E-state index in [0.717, 1.165) is 5.69 Å². The van der Waals surface area contributed by atoms with Crippen LogP contribution in [0.1, 0.15) is 25.4 Å². The van der Waals surface area contributed by atoms with Crippen molar-refractivity contribution in [3.8, 4) is 6.01 Å². The summed E-state index contributed by atoms with van der Waals surface area (Å²) in [6.07, 6.45) is 2.32. The highest BCUT2D eigenvalue weighted by molar-refractivity contribution is 5.25. The minimum Gasteiger partial charge on any atom is -0.461 e. The first-order chi connectivity index (χ1) is 9.17. The molecule has 0 saturated heterocycles. The van der Waals surface area contributed by atoms with E-state index in [1.807, 2.05) is 32.0 Å². The lowest BCUT2D eigenvalue weighted by atomic mass is 10.2. The topological polar surface area (TPSA) is 72.8 Å². The number of nitrogens with zero attached hydrogens (tertiary/aromatic N) is 4. The largest absolute Gasteiger partial charge is 0.461 e. The van der Waals surface area contributed by atoms with E-state index < -0.39 is 0 Å². The molecule has 1 N–H and O–H groups in total. The van der Waals surface area contributed by atoms with Gasteiger partial charge in [-0.2, -0.15) is 15.0 Å². The number of hydrogen-bond acceptors (Lipinski definition) is 6. The molecule has 0 atom stereocenters. The molecule has 0 radical (unpaired) electrons. The Morgan fingerprint density at radius 1 is 1.21 bits per heavy atom. The van der Waals surface area contributed by atoms with E-state index in [2.05, 4.69) is 25.3 Å². The molecule has 0 fully saturated rings. The molecule has 2 aromatic heterocycles. The van der Waals surface area contributed by atoms with Crippen LogP contribution in [-0.2, 0) is 6.42 Å². The number of pyridine rings is 1. The molecular formula is C13H17N5O. The van der Waals surface area contributed by atoms with Gasteiger partial charge in [-0.05, 0) is 26.0 Å². The maximum Gasteiger partial charge on any atom is 0.321 e. The van der Waals surface area contributed by atoms with Crippen molar-refractivity contribution in [2.75, 3.05) is 12.4 Å². The molecule has 6 heteroatoms. The Labute approximate surface area is 112 Å². The lowest BCUT2D eigenvalue weighted by molar-refractivity contribution is 0.221. The van der Waals surface area contributed by atoms with Crippen molar-refractivity contribution in [1.29, 1.82) is 0 Å². The first kappa shape index (κ1) is 13.2. The molecule has 2 heterocycles. The van der Waals surface area contributed by atoms with Gasteiger partial charge in [0.25, 0.3) is 0 Å². The van der Waals surface area contributed by atoms with Crippen molar-refractivity contribution in [2.45, 2.75) is 26.4 Å². The third-order valence-corrected chi connectivity index (χ3v) is 2.29. The van der Waals surface area contributed by atoms with Crippen LogP contribution >= 0.6 is 0 Å². The van der Waals surface area contributed by atoms with Gasteiger partial charge in [0.2, 0.25) is 5.95 Å². The first-order valence-electron chi connectivity index (χ1n) is 6.16. The van der Waals surface area contributed by atoms with Crippen LogP contribution < -0.4 is 10.1 Å². The van der Waals surface area contributed by atoms with Crippen molar-refractivity contribution in [3.63, 3.8) is 0 Å². The summed E-state index contributed by atoms with van der Waals surface area (Å²) in [6.45, 7) is 3.86. The molecule has 19 heavy (non-hydrogen) atoms. The van der Waals surface area contributed by atoms with Gasteiger partial charge in [0.15, 0.2) is 0 Å². The Morgan fingerprint density at radius 3 is 2.68 bits per heavy atom. The molecule has 0 spiro atoms. The zero-order chi connectivity index (χ0) is 13.7. The predicted octanol–water partition coefficient (Wildman–Crippen LogP) is 1.69. The Balaban J connectivity index is 2.24. The van der Waals surface area contributed by atoms with Gasteiger partial charge in [-0.15, -0.1) is 0 Å². The minimum atomic E-state index is 0.0230. The predicted molar refractivity (Wildman–Crippen MR) is 72.2 cm³/mol. The average Bonchev–Trinajstić information content (AvgIpc) is 2.38. The summed E-state index contributed by atoms with van der Waals surface area (Å²) in [4.78, 5) is 17.0. The van der Waals surface area contributed by atoms with Gasteiger partial charge in [0.05, 0.1) is 12.5 Å². The second-order valence-corrected chi connectivity index (χ2v) is 4.27. The van der Waals surface area contributed by atoms with Crippen LogP contribution in [0.4, 0.5) is 5.95 Å². The highest BCUT2D eigenvalue weighted by Gasteiger charge is 2.09. The van der Waals surface area contributed by atoms with E-state index in [0.29, 0.717) is 24.2 Å². The van der Waals surface area contributed by atoms with E-state index in [1.54, 1.807) is 13.2 Å². The highest BCUT2D eigenvalue weighted by atomic mass is 16.5. The molecule has 2 rings (SSSR count). The number of ether oxygens (including phenoxy) is 1. The number of nitrogens with one attached hydrogen (secondary N) is 1. The molecule has 0 bridgehead atoms. The number of aromatic nitrogens is 4. The van der Waals surface area contributed by atoms with Crippen LogP contribution in [0.3, 0.4) is 0 Å². The van der Waals surface area contributed by atoms with E-state index in [4.69, 9.17) is 4.74 Å². The van der Waals surface area contributed by atoms with E-state index in [9.17, 15) is 0 Å². The molecule has 6 nitrogen and oxygen atoms in total. The zero-order valence-corrected chi connectivity index (χ0v) is 11.3. The molecule has 0 unspecified atom stereocenters. The molecule has 0 aromatic carbocycles. The second kappa shape index (κ2) is 6.08. The molecule has 0 aliphatic carbocycles. The third kappa shape index (κ3) is 3.87. The molecule has 0 aliphatic heterocycles. The summed E-state index contributed by atoms with van der Waals surface area (Å²) >= 11 is 0. The summed E-state index contributed by atoms with van der Waals surface area (Å²) in [6, 6.07) is 6.09. The van der Waals surface area contributed by atoms with Gasteiger partial charge in [0, 0.05) is 18.9 Å². The van der Waals surface area contributed by atoms with E-state index >= 15 is 0 Å². The number of hydrogen-bond donors (Lipinski definition) is 1. The maximum atomic E-state index is 5.51. The Hall–Kier alpha value is -2.24. The zero-order valence-electron chi connectivity index (χ0n) is 11.3. The highest BCUT2D eigenvalue weighted by Crippen LogP contribution is 2.11. The van der Waals surface area contributed by atoms with Crippen molar-refractivity contribution in [3.05, 3.63) is 35.9 Å². The summed E-state index contributed by atoms with van der Waals surface area (Å²) in [5.74, 6) is 1.13. The molecular weight excluding hydrogens is 242 g/mol. The molecule has 0 saturated carbocycles. The smallest absolute Gasteiger partial charge is 0.321 e. The molecule has 2 aromatic rings. The summed E-state index contributed by atoms with van der Waals surface area (Å²) in [7, 11) is 1.76. The quantitative estimate of drug-likeness (QED) is 0.880. The van der Waals surface area contributed by atoms with Crippen LogP contribution in [0.2, 0.25) is 0 Å². The van der Waals surface area contributed by atoms with Gasteiger partial charge < -0.3 is 10.1 Å². The normalized spacial score (nSPS) is 10.5. The third-order valence-electron chi connectivity index (χ3n) is 2.29. The van der Waals surface area contributed by atoms with Crippen LogP contribution in [0.15, 0.2) is 24.4 Å². The summed E-state index contributed by atoms with van der Waals surface area (Å²) in [5.41, 5.74) is 0.909. The minimum absolute atomic E-state index is 0.0230.